The summed E-state index contributed by atoms with van der Waals surface area (Å²) >= 11 is 11.7. The zero-order valence-corrected chi connectivity index (χ0v) is 13.5. The molecule has 2 rings (SSSR count). The number of nitrogens with two attached hydrogens (primary N) is 1. The third-order valence-corrected chi connectivity index (χ3v) is 3.44. The minimum absolute atomic E-state index is 0.278. The molecule has 0 unspecified atom stereocenters. The van der Waals surface area contributed by atoms with E-state index in [1.807, 2.05) is 0 Å². The Morgan fingerprint density at radius 1 is 1.04 bits per heavy atom. The first-order valence-corrected chi connectivity index (χ1v) is 7.17. The zero-order valence-electron chi connectivity index (χ0n) is 12.0. The lowest BCUT2D eigenvalue weighted by Crippen LogP contribution is -2.29. The van der Waals surface area contributed by atoms with Gasteiger partial charge < -0.3 is 21.1 Å². The molecule has 2 aromatic rings. The summed E-state index contributed by atoms with van der Waals surface area (Å²) in [5.41, 5.74) is 6.59. The van der Waals surface area contributed by atoms with Gasteiger partial charge in [0.15, 0.2) is 0 Å². The Kier molecular flexibility index (Phi) is 5.31. The molecule has 6 nitrogen and oxygen atoms in total. The molecule has 0 aliphatic heterocycles. The van der Waals surface area contributed by atoms with Gasteiger partial charge in [-0.25, -0.2) is 0 Å². The van der Waals surface area contributed by atoms with Crippen molar-refractivity contribution in [2.24, 2.45) is 0 Å². The lowest BCUT2D eigenvalue weighted by molar-refractivity contribution is -0.133. The summed E-state index contributed by atoms with van der Waals surface area (Å²) in [7, 11) is 1.44. The fourth-order valence-electron chi connectivity index (χ4n) is 1.75. The highest BCUT2D eigenvalue weighted by atomic mass is 35.5. The van der Waals surface area contributed by atoms with Gasteiger partial charge in [-0.2, -0.15) is 0 Å². The molecule has 0 aromatic heterocycles. The number of hydrogen-bond acceptors (Lipinski definition) is 4. The monoisotopic (exact) mass is 353 g/mol. The van der Waals surface area contributed by atoms with Crippen LogP contribution >= 0.6 is 23.2 Å². The number of amides is 2. The van der Waals surface area contributed by atoms with Crippen molar-refractivity contribution in [3.05, 3.63) is 46.4 Å². The molecule has 0 aliphatic carbocycles. The third-order valence-electron chi connectivity index (χ3n) is 2.87. The fraction of sp³-hybridized carbons (Fsp3) is 0.0667. The highest BCUT2D eigenvalue weighted by molar-refractivity contribution is 6.44. The number of hydrogen-bond donors (Lipinski definition) is 3. The van der Waals surface area contributed by atoms with Gasteiger partial charge in [0.05, 0.1) is 23.5 Å². The number of carbonyl (C=O) groups is 2. The van der Waals surface area contributed by atoms with Crippen LogP contribution < -0.4 is 21.1 Å². The van der Waals surface area contributed by atoms with Crippen LogP contribution in [0.4, 0.5) is 17.1 Å². The van der Waals surface area contributed by atoms with Crippen LogP contribution in [0.3, 0.4) is 0 Å². The van der Waals surface area contributed by atoms with E-state index in [1.165, 1.54) is 31.4 Å². The van der Waals surface area contributed by atoms with Gasteiger partial charge in [-0.05, 0) is 36.4 Å². The van der Waals surface area contributed by atoms with Crippen LogP contribution in [0.1, 0.15) is 0 Å². The van der Waals surface area contributed by atoms with Crippen LogP contribution in [0.25, 0.3) is 0 Å². The van der Waals surface area contributed by atoms with E-state index < -0.39 is 11.8 Å². The largest absolute Gasteiger partial charge is 0.495 e. The summed E-state index contributed by atoms with van der Waals surface area (Å²) < 4.78 is 5.09. The maximum Gasteiger partial charge on any atom is 0.314 e. The zero-order chi connectivity index (χ0) is 17.0. The molecule has 2 amide bonds. The van der Waals surface area contributed by atoms with E-state index in [0.717, 1.165) is 0 Å². The Labute approximate surface area is 142 Å². The highest BCUT2D eigenvalue weighted by Gasteiger charge is 2.16. The molecule has 0 bridgehead atoms. The normalized spacial score (nSPS) is 10.0. The van der Waals surface area contributed by atoms with Gasteiger partial charge in [-0.1, -0.05) is 23.2 Å². The molecule has 0 radical (unpaired) electrons. The van der Waals surface area contributed by atoms with E-state index in [-0.39, 0.29) is 10.7 Å². The van der Waals surface area contributed by atoms with Gasteiger partial charge in [-0.15, -0.1) is 0 Å². The average molecular weight is 354 g/mol. The molecule has 23 heavy (non-hydrogen) atoms. The van der Waals surface area contributed by atoms with Crippen molar-refractivity contribution < 1.29 is 14.3 Å². The first-order valence-electron chi connectivity index (χ1n) is 6.41. The number of halogens is 2. The van der Waals surface area contributed by atoms with Crippen molar-refractivity contribution in [3.63, 3.8) is 0 Å². The number of rotatable bonds is 3. The van der Waals surface area contributed by atoms with Crippen molar-refractivity contribution in [1.82, 2.24) is 0 Å². The van der Waals surface area contributed by atoms with Crippen LogP contribution in [-0.4, -0.2) is 18.9 Å². The van der Waals surface area contributed by atoms with Gasteiger partial charge in [0.2, 0.25) is 0 Å². The molecule has 120 valence electrons. The van der Waals surface area contributed by atoms with Crippen LogP contribution in [0, 0.1) is 0 Å². The quantitative estimate of drug-likeness (QED) is 0.583. The number of ether oxygens (including phenoxy) is 1. The summed E-state index contributed by atoms with van der Waals surface area (Å²) in [6, 6.07) is 9.16. The van der Waals surface area contributed by atoms with Crippen LogP contribution in [0.2, 0.25) is 10.0 Å². The number of carbonyl (C=O) groups excluding carboxylic acids is 2. The molecular formula is C15H13Cl2N3O3. The van der Waals surface area contributed by atoms with Gasteiger partial charge in [0, 0.05) is 10.7 Å². The number of benzene rings is 2. The number of methoxy groups -OCH3 is 1. The Bertz CT molecular complexity index is 766. The summed E-state index contributed by atoms with van der Waals surface area (Å²) in [5.74, 6) is -1.36. The number of anilines is 3. The number of nitrogen functional groups attached to an aromatic ring is 1. The molecule has 0 atom stereocenters. The molecular weight excluding hydrogens is 341 g/mol. The molecule has 2 aromatic carbocycles. The number of nitrogens with one attached hydrogen (secondary N) is 2. The third kappa shape index (κ3) is 4.28. The first kappa shape index (κ1) is 16.9. The molecule has 0 aliphatic rings. The fourth-order valence-corrected chi connectivity index (χ4v) is 2.10. The Morgan fingerprint density at radius 2 is 1.74 bits per heavy atom. The van der Waals surface area contributed by atoms with E-state index >= 15 is 0 Å². The Morgan fingerprint density at radius 3 is 2.39 bits per heavy atom. The van der Waals surface area contributed by atoms with Crippen LogP contribution in [0.5, 0.6) is 5.75 Å². The lowest BCUT2D eigenvalue weighted by atomic mass is 10.2. The van der Waals surface area contributed by atoms with Gasteiger partial charge in [-0.3, -0.25) is 9.59 Å². The van der Waals surface area contributed by atoms with Crippen molar-refractivity contribution in [3.8, 4) is 5.75 Å². The Balaban J connectivity index is 2.10. The average Bonchev–Trinajstić information content (AvgIpc) is 2.51. The predicted molar refractivity (Wildman–Crippen MR) is 91.1 cm³/mol. The second kappa shape index (κ2) is 7.21. The topological polar surface area (TPSA) is 93.4 Å². The summed E-state index contributed by atoms with van der Waals surface area (Å²) in [6.07, 6.45) is 0. The van der Waals surface area contributed by atoms with Crippen LogP contribution in [0.15, 0.2) is 36.4 Å². The highest BCUT2D eigenvalue weighted by Crippen LogP contribution is 2.27. The molecule has 0 heterocycles. The van der Waals surface area contributed by atoms with E-state index in [0.29, 0.717) is 22.1 Å². The minimum Gasteiger partial charge on any atom is -0.495 e. The van der Waals surface area contributed by atoms with E-state index in [9.17, 15) is 9.59 Å². The maximum atomic E-state index is 12.0. The van der Waals surface area contributed by atoms with E-state index in [4.69, 9.17) is 33.7 Å². The smallest absolute Gasteiger partial charge is 0.314 e. The Hall–Kier alpha value is -2.44. The van der Waals surface area contributed by atoms with Crippen molar-refractivity contribution >= 4 is 52.1 Å². The van der Waals surface area contributed by atoms with Gasteiger partial charge in [0.1, 0.15) is 5.75 Å². The molecule has 0 fully saturated rings. The minimum atomic E-state index is -0.876. The lowest BCUT2D eigenvalue weighted by Gasteiger charge is -2.11. The van der Waals surface area contributed by atoms with E-state index in [1.54, 1.807) is 12.1 Å². The molecule has 4 N–H and O–H groups in total. The van der Waals surface area contributed by atoms with E-state index in [2.05, 4.69) is 10.6 Å². The second-order valence-electron chi connectivity index (χ2n) is 4.49. The second-order valence-corrected chi connectivity index (χ2v) is 5.33. The van der Waals surface area contributed by atoms with Crippen LogP contribution in [-0.2, 0) is 9.59 Å². The standard InChI is InChI=1S/C15H13Cl2N3O3/c1-23-13-5-2-8(16)6-12(13)20-15(22)14(21)19-9-3-4-11(18)10(17)7-9/h2-7H,18H2,1H3,(H,19,21)(H,20,22). The molecule has 0 saturated carbocycles. The van der Waals surface area contributed by atoms with Gasteiger partial charge >= 0.3 is 11.8 Å². The van der Waals surface area contributed by atoms with Crippen molar-refractivity contribution in [2.45, 2.75) is 0 Å². The van der Waals surface area contributed by atoms with Crippen molar-refractivity contribution in [2.75, 3.05) is 23.5 Å². The molecule has 0 spiro atoms. The molecule has 8 heteroatoms. The summed E-state index contributed by atoms with van der Waals surface area (Å²) in [5, 5.41) is 5.52. The SMILES string of the molecule is COc1ccc(Cl)cc1NC(=O)C(=O)Nc1ccc(N)c(Cl)c1. The molecule has 0 saturated heterocycles. The summed E-state index contributed by atoms with van der Waals surface area (Å²) in [4.78, 5) is 23.9. The maximum absolute atomic E-state index is 12.0. The first-order chi connectivity index (χ1) is 10.9. The van der Waals surface area contributed by atoms with Crippen molar-refractivity contribution in [1.29, 1.82) is 0 Å². The summed E-state index contributed by atoms with van der Waals surface area (Å²) in [6.45, 7) is 0. The van der Waals surface area contributed by atoms with Gasteiger partial charge in [0.25, 0.3) is 0 Å². The predicted octanol–water partition coefficient (Wildman–Crippen LogP) is 3.16.